The number of carboxylic acids is 1. The second kappa shape index (κ2) is 7.57. The van der Waals surface area contributed by atoms with Crippen molar-refractivity contribution < 1.29 is 27.9 Å². The maximum atomic E-state index is 12.5. The van der Waals surface area contributed by atoms with Gasteiger partial charge in [0.1, 0.15) is 6.04 Å². The molecule has 0 saturated carbocycles. The van der Waals surface area contributed by atoms with Crippen LogP contribution < -0.4 is 5.32 Å². The number of amides is 1. The van der Waals surface area contributed by atoms with Crippen LogP contribution in [0.3, 0.4) is 0 Å². The normalized spacial score (nSPS) is 12.5. The second-order valence-corrected chi connectivity index (χ2v) is 5.71. The molecule has 0 heterocycles. The maximum Gasteiger partial charge on any atom is 0.416 e. The number of hydrogen-bond acceptors (Lipinski definition) is 2. The van der Waals surface area contributed by atoms with Gasteiger partial charge in [-0.1, -0.05) is 23.7 Å². The third-order valence-corrected chi connectivity index (χ3v) is 3.64. The van der Waals surface area contributed by atoms with Crippen LogP contribution in [0.4, 0.5) is 13.2 Å². The zero-order valence-electron chi connectivity index (χ0n) is 12.7. The lowest BCUT2D eigenvalue weighted by molar-refractivity contribution is -0.139. The molecule has 4 nitrogen and oxygen atoms in total. The van der Waals surface area contributed by atoms with Crippen molar-refractivity contribution in [3.8, 4) is 0 Å². The Morgan fingerprint density at radius 1 is 1.12 bits per heavy atom. The molecule has 25 heavy (non-hydrogen) atoms. The van der Waals surface area contributed by atoms with Crippen LogP contribution in [-0.2, 0) is 17.4 Å². The summed E-state index contributed by atoms with van der Waals surface area (Å²) in [5, 5.41) is 12.0. The molecule has 0 spiro atoms. The van der Waals surface area contributed by atoms with Crippen molar-refractivity contribution in [3.63, 3.8) is 0 Å². The SMILES string of the molecule is O=C(N[C@@H](Cc1cccc(Cl)c1)C(=O)O)c1ccc(C(F)(F)F)cc1. The minimum Gasteiger partial charge on any atom is -0.480 e. The molecule has 1 atom stereocenters. The van der Waals surface area contributed by atoms with E-state index in [0.717, 1.165) is 24.3 Å². The summed E-state index contributed by atoms with van der Waals surface area (Å²) >= 11 is 5.83. The van der Waals surface area contributed by atoms with E-state index in [-0.39, 0.29) is 12.0 Å². The molecule has 2 aromatic rings. The molecular formula is C17H13ClF3NO3. The van der Waals surface area contributed by atoms with E-state index in [1.807, 2.05) is 0 Å². The van der Waals surface area contributed by atoms with Gasteiger partial charge in [0.25, 0.3) is 5.91 Å². The summed E-state index contributed by atoms with van der Waals surface area (Å²) in [7, 11) is 0. The van der Waals surface area contributed by atoms with E-state index >= 15 is 0 Å². The largest absolute Gasteiger partial charge is 0.480 e. The molecule has 0 aliphatic carbocycles. The van der Waals surface area contributed by atoms with Crippen molar-refractivity contribution in [2.24, 2.45) is 0 Å². The fourth-order valence-electron chi connectivity index (χ4n) is 2.15. The van der Waals surface area contributed by atoms with Gasteiger partial charge in [0.15, 0.2) is 0 Å². The lowest BCUT2D eigenvalue weighted by Crippen LogP contribution is -2.42. The Bertz CT molecular complexity index is 775. The number of alkyl halides is 3. The van der Waals surface area contributed by atoms with Crippen molar-refractivity contribution in [3.05, 3.63) is 70.2 Å². The minimum absolute atomic E-state index is 0.0116. The van der Waals surface area contributed by atoms with Crippen molar-refractivity contribution in [1.29, 1.82) is 0 Å². The quantitative estimate of drug-likeness (QED) is 0.840. The van der Waals surface area contributed by atoms with E-state index < -0.39 is 29.7 Å². The van der Waals surface area contributed by atoms with Crippen LogP contribution >= 0.6 is 11.6 Å². The first kappa shape index (κ1) is 18.8. The number of nitrogens with one attached hydrogen (secondary N) is 1. The molecular weight excluding hydrogens is 359 g/mol. The topological polar surface area (TPSA) is 66.4 Å². The van der Waals surface area contributed by atoms with Gasteiger partial charge < -0.3 is 10.4 Å². The molecule has 0 aliphatic heterocycles. The Balaban J connectivity index is 2.11. The summed E-state index contributed by atoms with van der Waals surface area (Å²) < 4.78 is 37.6. The second-order valence-electron chi connectivity index (χ2n) is 5.27. The monoisotopic (exact) mass is 371 g/mol. The number of hydrogen-bond donors (Lipinski definition) is 2. The van der Waals surface area contributed by atoms with Gasteiger partial charge in [0.05, 0.1) is 5.56 Å². The standard InChI is InChI=1S/C17H13ClF3NO3/c18-13-3-1-2-10(8-13)9-14(16(24)25)22-15(23)11-4-6-12(7-5-11)17(19,20)21/h1-8,14H,9H2,(H,22,23)(H,24,25)/t14-/m0/s1. The van der Waals surface area contributed by atoms with Gasteiger partial charge in [-0.25, -0.2) is 4.79 Å². The zero-order valence-corrected chi connectivity index (χ0v) is 13.4. The van der Waals surface area contributed by atoms with E-state index in [0.29, 0.717) is 10.6 Å². The lowest BCUT2D eigenvalue weighted by atomic mass is 10.0. The molecule has 2 rings (SSSR count). The van der Waals surface area contributed by atoms with Gasteiger partial charge in [-0.2, -0.15) is 13.2 Å². The molecule has 0 saturated heterocycles. The van der Waals surface area contributed by atoms with Crippen LogP contribution in [0.15, 0.2) is 48.5 Å². The van der Waals surface area contributed by atoms with E-state index in [2.05, 4.69) is 5.32 Å². The first-order valence-electron chi connectivity index (χ1n) is 7.12. The third kappa shape index (κ3) is 5.22. The zero-order chi connectivity index (χ0) is 18.6. The number of rotatable bonds is 5. The van der Waals surface area contributed by atoms with Crippen molar-refractivity contribution in [2.45, 2.75) is 18.6 Å². The van der Waals surface area contributed by atoms with Crippen LogP contribution in [0.2, 0.25) is 5.02 Å². The summed E-state index contributed by atoms with van der Waals surface area (Å²) in [5.41, 5.74) is -0.351. The highest BCUT2D eigenvalue weighted by Crippen LogP contribution is 2.29. The summed E-state index contributed by atoms with van der Waals surface area (Å²) in [6.45, 7) is 0. The predicted octanol–water partition coefficient (Wildman–Crippen LogP) is 3.78. The Morgan fingerprint density at radius 2 is 1.76 bits per heavy atom. The number of carboxylic acid groups (broad SMARTS) is 1. The van der Waals surface area contributed by atoms with Gasteiger partial charge in [-0.15, -0.1) is 0 Å². The molecule has 0 aromatic heterocycles. The molecule has 0 unspecified atom stereocenters. The Morgan fingerprint density at radius 3 is 2.28 bits per heavy atom. The predicted molar refractivity (Wildman–Crippen MR) is 85.5 cm³/mol. The molecule has 0 radical (unpaired) electrons. The first-order valence-corrected chi connectivity index (χ1v) is 7.50. The van der Waals surface area contributed by atoms with Gasteiger partial charge in [0, 0.05) is 17.0 Å². The molecule has 1 amide bonds. The highest BCUT2D eigenvalue weighted by Gasteiger charge is 2.30. The summed E-state index contributed by atoms with van der Waals surface area (Å²) in [5.74, 6) is -2.04. The lowest BCUT2D eigenvalue weighted by Gasteiger charge is -2.15. The van der Waals surface area contributed by atoms with Crippen LogP contribution in [0.5, 0.6) is 0 Å². The van der Waals surface area contributed by atoms with Crippen LogP contribution in [0.25, 0.3) is 0 Å². The molecule has 0 bridgehead atoms. The molecule has 132 valence electrons. The van der Waals surface area contributed by atoms with E-state index in [1.165, 1.54) is 0 Å². The number of carbonyl (C=O) groups is 2. The highest BCUT2D eigenvalue weighted by atomic mass is 35.5. The van der Waals surface area contributed by atoms with Crippen LogP contribution in [0.1, 0.15) is 21.5 Å². The summed E-state index contributed by atoms with van der Waals surface area (Å²) in [6.07, 6.45) is -4.52. The Hall–Kier alpha value is -2.54. The van der Waals surface area contributed by atoms with Crippen molar-refractivity contribution in [2.75, 3.05) is 0 Å². The summed E-state index contributed by atoms with van der Waals surface area (Å²) in [4.78, 5) is 23.4. The fraction of sp³-hybridized carbons (Fsp3) is 0.176. The molecule has 8 heteroatoms. The van der Waals surface area contributed by atoms with Gasteiger partial charge in [-0.05, 0) is 42.0 Å². The highest BCUT2D eigenvalue weighted by molar-refractivity contribution is 6.30. The molecule has 0 fully saturated rings. The Labute approximate surface area is 146 Å². The van der Waals surface area contributed by atoms with Gasteiger partial charge in [0.2, 0.25) is 0 Å². The van der Waals surface area contributed by atoms with Gasteiger partial charge in [-0.3, -0.25) is 4.79 Å². The number of carbonyl (C=O) groups excluding carboxylic acids is 1. The van der Waals surface area contributed by atoms with E-state index in [4.69, 9.17) is 11.6 Å². The van der Waals surface area contributed by atoms with Crippen molar-refractivity contribution >= 4 is 23.5 Å². The Kier molecular flexibility index (Phi) is 5.69. The number of halogens is 4. The maximum absolute atomic E-state index is 12.5. The average Bonchev–Trinajstić information content (AvgIpc) is 2.53. The molecule has 2 aromatic carbocycles. The minimum atomic E-state index is -4.51. The molecule has 2 N–H and O–H groups in total. The van der Waals surface area contributed by atoms with Crippen molar-refractivity contribution in [1.82, 2.24) is 5.32 Å². The van der Waals surface area contributed by atoms with Gasteiger partial charge >= 0.3 is 12.1 Å². The molecule has 0 aliphatic rings. The van der Waals surface area contributed by atoms with Crippen LogP contribution in [0, 0.1) is 0 Å². The summed E-state index contributed by atoms with van der Waals surface area (Å²) in [6, 6.07) is 8.79. The third-order valence-electron chi connectivity index (χ3n) is 3.41. The van der Waals surface area contributed by atoms with Crippen LogP contribution in [-0.4, -0.2) is 23.0 Å². The van der Waals surface area contributed by atoms with E-state index in [9.17, 15) is 27.9 Å². The smallest absolute Gasteiger partial charge is 0.416 e. The first-order chi connectivity index (χ1) is 11.7. The number of aliphatic carboxylic acids is 1. The fourth-order valence-corrected chi connectivity index (χ4v) is 2.36. The average molecular weight is 372 g/mol. The van der Waals surface area contributed by atoms with E-state index in [1.54, 1.807) is 24.3 Å². The number of benzene rings is 2.